The van der Waals surface area contributed by atoms with E-state index in [0.717, 1.165) is 4.68 Å². The number of ether oxygens (including phenoxy) is 1. The minimum absolute atomic E-state index is 0.0461. The molecule has 1 aliphatic rings. The van der Waals surface area contributed by atoms with E-state index in [1.807, 2.05) is 0 Å². The van der Waals surface area contributed by atoms with Gasteiger partial charge < -0.3 is 4.74 Å². The first kappa shape index (κ1) is 15.1. The molecule has 0 aliphatic carbocycles. The average molecular weight is 294 g/mol. The molecule has 0 radical (unpaired) electrons. The van der Waals surface area contributed by atoms with Crippen LogP contribution in [0.3, 0.4) is 0 Å². The van der Waals surface area contributed by atoms with Crippen LogP contribution >= 0.6 is 0 Å². The molecule has 0 saturated carbocycles. The summed E-state index contributed by atoms with van der Waals surface area (Å²) in [7, 11) is 0. The molecule has 0 spiro atoms. The topological polar surface area (TPSA) is 103 Å². The first-order valence-corrected chi connectivity index (χ1v) is 6.74. The molecule has 1 aliphatic heterocycles. The number of amides is 1. The van der Waals surface area contributed by atoms with Crippen LogP contribution in [0.15, 0.2) is 4.79 Å². The molecule has 1 amide bonds. The molecule has 1 unspecified atom stereocenters. The summed E-state index contributed by atoms with van der Waals surface area (Å²) >= 11 is 0. The molecule has 0 fully saturated rings. The molecule has 8 heteroatoms. The largest absolute Gasteiger partial charge is 0.465 e. The van der Waals surface area contributed by atoms with E-state index in [1.165, 1.54) is 6.92 Å². The predicted molar refractivity (Wildman–Crippen MR) is 73.4 cm³/mol. The van der Waals surface area contributed by atoms with Crippen molar-refractivity contribution in [2.45, 2.75) is 45.4 Å². The van der Waals surface area contributed by atoms with Gasteiger partial charge in [-0.2, -0.15) is 4.68 Å². The summed E-state index contributed by atoms with van der Waals surface area (Å²) in [6, 6.07) is 0. The molecular weight excluding hydrogens is 276 g/mol. The predicted octanol–water partition coefficient (Wildman–Crippen LogP) is 0.0563. The Labute approximate surface area is 121 Å². The highest BCUT2D eigenvalue weighted by atomic mass is 16.5. The standard InChI is InChI=1S/C13H18N4O4/c1-5-21-11(20)7(2)9-10(19)17-12(15-14-9)13(3,4)6-8(18)16-17/h7H,5-6H2,1-4H3,(H,16,18). The van der Waals surface area contributed by atoms with Crippen molar-refractivity contribution in [2.24, 2.45) is 0 Å². The van der Waals surface area contributed by atoms with Crippen LogP contribution in [0.5, 0.6) is 0 Å². The fourth-order valence-electron chi connectivity index (χ4n) is 2.24. The molecule has 1 aromatic heterocycles. The minimum atomic E-state index is -0.843. The van der Waals surface area contributed by atoms with Gasteiger partial charge in [-0.15, -0.1) is 10.2 Å². The lowest BCUT2D eigenvalue weighted by atomic mass is 9.87. The zero-order valence-corrected chi connectivity index (χ0v) is 12.5. The smallest absolute Gasteiger partial charge is 0.315 e. The zero-order valence-electron chi connectivity index (χ0n) is 12.5. The average Bonchev–Trinajstić information content (AvgIpc) is 2.38. The van der Waals surface area contributed by atoms with Crippen molar-refractivity contribution in [1.29, 1.82) is 0 Å². The SMILES string of the molecule is CCOC(=O)C(C)c1nnc2n(c1=O)NC(=O)CC2(C)C. The Kier molecular flexibility index (Phi) is 3.80. The Balaban J connectivity index is 2.50. The fraction of sp³-hybridized carbons (Fsp3) is 0.615. The monoisotopic (exact) mass is 294 g/mol. The maximum Gasteiger partial charge on any atom is 0.315 e. The highest BCUT2D eigenvalue weighted by Gasteiger charge is 2.36. The number of carbonyl (C=O) groups excluding carboxylic acids is 2. The second kappa shape index (κ2) is 5.27. The van der Waals surface area contributed by atoms with Crippen LogP contribution in [0.2, 0.25) is 0 Å². The first-order valence-electron chi connectivity index (χ1n) is 6.74. The molecule has 0 bridgehead atoms. The van der Waals surface area contributed by atoms with Crippen molar-refractivity contribution >= 4 is 11.9 Å². The third kappa shape index (κ3) is 2.65. The van der Waals surface area contributed by atoms with Crippen LogP contribution in [-0.4, -0.2) is 33.4 Å². The Morgan fingerprint density at radius 1 is 1.43 bits per heavy atom. The Hall–Kier alpha value is -2.25. The van der Waals surface area contributed by atoms with Gasteiger partial charge in [0.2, 0.25) is 5.91 Å². The number of hydrogen-bond acceptors (Lipinski definition) is 6. The van der Waals surface area contributed by atoms with E-state index in [-0.39, 0.29) is 24.6 Å². The second-order valence-electron chi connectivity index (χ2n) is 5.62. The van der Waals surface area contributed by atoms with Gasteiger partial charge in [-0.25, -0.2) is 0 Å². The summed E-state index contributed by atoms with van der Waals surface area (Å²) in [5.74, 6) is -1.31. The number of hydrogen-bond donors (Lipinski definition) is 1. The van der Waals surface area contributed by atoms with Gasteiger partial charge in [0.05, 0.1) is 6.61 Å². The number of esters is 1. The summed E-state index contributed by atoms with van der Waals surface area (Å²) in [6.45, 7) is 7.03. The highest BCUT2D eigenvalue weighted by Crippen LogP contribution is 2.27. The summed E-state index contributed by atoms with van der Waals surface area (Å²) in [4.78, 5) is 35.9. The van der Waals surface area contributed by atoms with Gasteiger partial charge in [0, 0.05) is 11.8 Å². The Morgan fingerprint density at radius 3 is 2.71 bits per heavy atom. The fourth-order valence-corrected chi connectivity index (χ4v) is 2.24. The Bertz CT molecular complexity index is 650. The lowest BCUT2D eigenvalue weighted by molar-refractivity contribution is -0.144. The van der Waals surface area contributed by atoms with Gasteiger partial charge in [0.15, 0.2) is 5.82 Å². The van der Waals surface area contributed by atoms with E-state index in [9.17, 15) is 14.4 Å². The van der Waals surface area contributed by atoms with Gasteiger partial charge in [0.1, 0.15) is 11.6 Å². The third-order valence-electron chi connectivity index (χ3n) is 3.38. The van der Waals surface area contributed by atoms with Crippen LogP contribution in [0.4, 0.5) is 0 Å². The zero-order chi connectivity index (χ0) is 15.8. The van der Waals surface area contributed by atoms with E-state index in [1.54, 1.807) is 20.8 Å². The van der Waals surface area contributed by atoms with E-state index in [2.05, 4.69) is 15.6 Å². The molecule has 114 valence electrons. The van der Waals surface area contributed by atoms with Crippen LogP contribution in [-0.2, 0) is 19.7 Å². The number of nitrogens with zero attached hydrogens (tertiary/aromatic N) is 3. The molecule has 8 nitrogen and oxygen atoms in total. The normalized spacial score (nSPS) is 17.6. The highest BCUT2D eigenvalue weighted by molar-refractivity contribution is 5.86. The summed E-state index contributed by atoms with van der Waals surface area (Å²) in [6.07, 6.45) is 0.216. The van der Waals surface area contributed by atoms with Gasteiger partial charge >= 0.3 is 5.97 Å². The van der Waals surface area contributed by atoms with E-state index in [0.29, 0.717) is 5.82 Å². The van der Waals surface area contributed by atoms with Gasteiger partial charge in [0.25, 0.3) is 5.56 Å². The quantitative estimate of drug-likeness (QED) is 0.790. The second-order valence-corrected chi connectivity index (χ2v) is 5.62. The number of nitrogens with one attached hydrogen (secondary N) is 1. The summed E-state index contributed by atoms with van der Waals surface area (Å²) in [5.41, 5.74) is 1.26. The van der Waals surface area contributed by atoms with Crippen molar-refractivity contribution in [3.8, 4) is 0 Å². The maximum absolute atomic E-state index is 12.4. The number of fused-ring (bicyclic) bond motifs is 1. The van der Waals surface area contributed by atoms with Crippen molar-refractivity contribution < 1.29 is 14.3 Å². The van der Waals surface area contributed by atoms with E-state index >= 15 is 0 Å². The first-order chi connectivity index (χ1) is 9.77. The molecule has 0 aromatic carbocycles. The molecule has 2 rings (SSSR count). The van der Waals surface area contributed by atoms with Crippen molar-refractivity contribution in [2.75, 3.05) is 12.0 Å². The van der Waals surface area contributed by atoms with Crippen molar-refractivity contribution in [3.05, 3.63) is 21.9 Å². The lowest BCUT2D eigenvalue weighted by Gasteiger charge is -2.30. The number of rotatable bonds is 3. The number of carbonyl (C=O) groups is 2. The summed E-state index contributed by atoms with van der Waals surface area (Å²) in [5, 5.41) is 7.90. The van der Waals surface area contributed by atoms with Gasteiger partial charge in [-0.05, 0) is 13.8 Å². The number of aromatic nitrogens is 3. The molecule has 0 saturated heterocycles. The van der Waals surface area contributed by atoms with Gasteiger partial charge in [-0.3, -0.25) is 19.8 Å². The molecule has 1 aromatic rings. The van der Waals surface area contributed by atoms with Crippen molar-refractivity contribution in [1.82, 2.24) is 14.9 Å². The molecule has 1 atom stereocenters. The summed E-state index contributed by atoms with van der Waals surface area (Å²) < 4.78 is 5.95. The molecule has 21 heavy (non-hydrogen) atoms. The van der Waals surface area contributed by atoms with Crippen molar-refractivity contribution in [3.63, 3.8) is 0 Å². The van der Waals surface area contributed by atoms with E-state index < -0.39 is 22.9 Å². The van der Waals surface area contributed by atoms with Gasteiger partial charge in [-0.1, -0.05) is 13.8 Å². The molecule has 1 N–H and O–H groups in total. The van der Waals surface area contributed by atoms with Crippen LogP contribution in [0.1, 0.15) is 51.6 Å². The molecular formula is C13H18N4O4. The molecule has 2 heterocycles. The van der Waals surface area contributed by atoms with Crippen LogP contribution in [0.25, 0.3) is 0 Å². The minimum Gasteiger partial charge on any atom is -0.465 e. The third-order valence-corrected chi connectivity index (χ3v) is 3.38. The van der Waals surface area contributed by atoms with Crippen LogP contribution in [0, 0.1) is 0 Å². The Morgan fingerprint density at radius 2 is 2.10 bits per heavy atom. The van der Waals surface area contributed by atoms with Crippen LogP contribution < -0.4 is 11.0 Å². The van der Waals surface area contributed by atoms with E-state index in [4.69, 9.17) is 4.74 Å². The lowest BCUT2D eigenvalue weighted by Crippen LogP contribution is -2.49. The maximum atomic E-state index is 12.4.